The largest absolute Gasteiger partial charge is 0.493 e. The smallest absolute Gasteiger partial charge is 0.213 e. The monoisotopic (exact) mass is 340 g/mol. The number of nitrogens with one attached hydrogen (secondary N) is 2. The van der Waals surface area contributed by atoms with Crippen LogP contribution < -0.4 is 20.5 Å². The van der Waals surface area contributed by atoms with Crippen LogP contribution in [0.25, 0.3) is 0 Å². The number of guanidine groups is 1. The van der Waals surface area contributed by atoms with Gasteiger partial charge in [0.2, 0.25) is 10.0 Å². The standard InChI is InChI=1S/C15H24N4O3S/c1-11(2)19-23(20,21)10-8-17-15(16)18-13-7-9-22-14-6-4-3-5-12(13)14/h3-6,11,13,19H,7-10H2,1-2H3,(H3,16,17,18). The minimum absolute atomic E-state index is 0.0223. The van der Waals surface area contributed by atoms with Crippen molar-refractivity contribution in [1.29, 1.82) is 0 Å². The third kappa shape index (κ3) is 5.40. The van der Waals surface area contributed by atoms with Crippen LogP contribution in [-0.2, 0) is 10.0 Å². The van der Waals surface area contributed by atoms with Crippen molar-refractivity contribution in [2.75, 3.05) is 18.9 Å². The summed E-state index contributed by atoms with van der Waals surface area (Å²) in [6.45, 7) is 4.28. The number of para-hydroxylation sites is 1. The molecule has 1 aliphatic heterocycles. The first-order valence-electron chi connectivity index (χ1n) is 7.65. The number of hydrogen-bond acceptors (Lipinski definition) is 4. The van der Waals surface area contributed by atoms with Crippen LogP contribution in [0.1, 0.15) is 31.9 Å². The summed E-state index contributed by atoms with van der Waals surface area (Å²) in [6, 6.07) is 7.66. The first-order chi connectivity index (χ1) is 10.9. The van der Waals surface area contributed by atoms with Crippen LogP contribution in [0.5, 0.6) is 5.75 Å². The van der Waals surface area contributed by atoms with Gasteiger partial charge in [0.25, 0.3) is 0 Å². The summed E-state index contributed by atoms with van der Waals surface area (Å²) in [5.41, 5.74) is 6.91. The number of nitrogens with zero attached hydrogens (tertiary/aromatic N) is 1. The lowest BCUT2D eigenvalue weighted by Crippen LogP contribution is -2.38. The van der Waals surface area contributed by atoms with Gasteiger partial charge in [-0.25, -0.2) is 13.1 Å². The molecule has 23 heavy (non-hydrogen) atoms. The van der Waals surface area contributed by atoms with E-state index in [2.05, 4.69) is 15.0 Å². The summed E-state index contributed by atoms with van der Waals surface area (Å²) >= 11 is 0. The fourth-order valence-electron chi connectivity index (χ4n) is 2.42. The van der Waals surface area contributed by atoms with Gasteiger partial charge < -0.3 is 15.8 Å². The summed E-state index contributed by atoms with van der Waals surface area (Å²) in [4.78, 5) is 4.11. The predicted molar refractivity (Wildman–Crippen MR) is 91.0 cm³/mol. The highest BCUT2D eigenvalue weighted by Gasteiger charge is 2.21. The highest BCUT2D eigenvalue weighted by Crippen LogP contribution is 2.31. The molecule has 1 unspecified atom stereocenters. The Balaban J connectivity index is 1.91. The lowest BCUT2D eigenvalue weighted by atomic mass is 10.0. The van der Waals surface area contributed by atoms with Crippen molar-refractivity contribution in [3.63, 3.8) is 0 Å². The molecule has 7 nitrogen and oxygen atoms in total. The third-order valence-corrected chi connectivity index (χ3v) is 4.89. The van der Waals surface area contributed by atoms with Crippen LogP contribution in [0.3, 0.4) is 0 Å². The van der Waals surface area contributed by atoms with Crippen LogP contribution in [-0.4, -0.2) is 39.3 Å². The van der Waals surface area contributed by atoms with Gasteiger partial charge >= 0.3 is 0 Å². The summed E-state index contributed by atoms with van der Waals surface area (Å²) < 4.78 is 31.5. The second kappa shape index (κ2) is 7.65. The van der Waals surface area contributed by atoms with Crippen LogP contribution in [0.4, 0.5) is 0 Å². The number of sulfonamides is 1. The fraction of sp³-hybridized carbons (Fsp3) is 0.533. The van der Waals surface area contributed by atoms with E-state index in [0.29, 0.717) is 6.61 Å². The molecule has 2 rings (SSSR count). The van der Waals surface area contributed by atoms with E-state index in [0.717, 1.165) is 17.7 Å². The van der Waals surface area contributed by atoms with Crippen molar-refractivity contribution < 1.29 is 13.2 Å². The van der Waals surface area contributed by atoms with Gasteiger partial charge in [-0.1, -0.05) is 18.2 Å². The number of hydrogen-bond donors (Lipinski definition) is 3. The molecule has 0 bridgehead atoms. The summed E-state index contributed by atoms with van der Waals surface area (Å²) in [6.07, 6.45) is 0.778. The molecular weight excluding hydrogens is 316 g/mol. The molecule has 1 heterocycles. The minimum Gasteiger partial charge on any atom is -0.493 e. The van der Waals surface area contributed by atoms with E-state index >= 15 is 0 Å². The second-order valence-corrected chi connectivity index (χ2v) is 7.60. The Labute approximate surface area is 137 Å². The molecule has 1 aromatic rings. The Hall–Kier alpha value is -1.80. The fourth-order valence-corrected chi connectivity index (χ4v) is 3.59. The number of fused-ring (bicyclic) bond motifs is 1. The Morgan fingerprint density at radius 1 is 1.43 bits per heavy atom. The third-order valence-electron chi connectivity index (χ3n) is 3.34. The molecule has 0 aromatic heterocycles. The van der Waals surface area contributed by atoms with Gasteiger partial charge in [0.1, 0.15) is 5.75 Å². The number of rotatable bonds is 6. The van der Waals surface area contributed by atoms with Crippen LogP contribution in [0.15, 0.2) is 29.3 Å². The van der Waals surface area contributed by atoms with Crippen LogP contribution in [0, 0.1) is 0 Å². The van der Waals surface area contributed by atoms with Gasteiger partial charge in [-0.2, -0.15) is 0 Å². The SMILES string of the molecule is CC(C)NS(=O)(=O)CCN=C(N)NC1CCOc2ccccc21. The molecule has 0 amide bonds. The van der Waals surface area contributed by atoms with Crippen molar-refractivity contribution >= 4 is 16.0 Å². The molecule has 0 aliphatic carbocycles. The van der Waals surface area contributed by atoms with Gasteiger partial charge in [0.15, 0.2) is 5.96 Å². The van der Waals surface area contributed by atoms with E-state index in [1.807, 2.05) is 24.3 Å². The average molecular weight is 340 g/mol. The zero-order valence-corrected chi connectivity index (χ0v) is 14.3. The topological polar surface area (TPSA) is 106 Å². The molecule has 1 aliphatic rings. The van der Waals surface area contributed by atoms with E-state index in [1.165, 1.54) is 0 Å². The maximum atomic E-state index is 11.7. The first kappa shape index (κ1) is 17.6. The van der Waals surface area contributed by atoms with Crippen molar-refractivity contribution in [2.45, 2.75) is 32.4 Å². The Kier molecular flexibility index (Phi) is 5.84. The minimum atomic E-state index is -3.32. The zero-order valence-electron chi connectivity index (χ0n) is 13.5. The average Bonchev–Trinajstić information content (AvgIpc) is 2.46. The maximum absolute atomic E-state index is 11.7. The van der Waals surface area contributed by atoms with E-state index in [1.54, 1.807) is 13.8 Å². The maximum Gasteiger partial charge on any atom is 0.213 e. The van der Waals surface area contributed by atoms with Crippen molar-refractivity contribution in [3.8, 4) is 5.75 Å². The highest BCUT2D eigenvalue weighted by molar-refractivity contribution is 7.89. The quantitative estimate of drug-likeness (QED) is 0.523. The predicted octanol–water partition coefficient (Wildman–Crippen LogP) is 0.742. The molecule has 0 saturated carbocycles. The van der Waals surface area contributed by atoms with Crippen molar-refractivity contribution in [1.82, 2.24) is 10.0 Å². The van der Waals surface area contributed by atoms with Crippen LogP contribution in [0.2, 0.25) is 0 Å². The van der Waals surface area contributed by atoms with Gasteiger partial charge in [0.05, 0.1) is 24.9 Å². The molecule has 0 radical (unpaired) electrons. The molecule has 0 saturated heterocycles. The van der Waals surface area contributed by atoms with Gasteiger partial charge in [-0.15, -0.1) is 0 Å². The van der Waals surface area contributed by atoms with Crippen molar-refractivity contribution in [3.05, 3.63) is 29.8 Å². The second-order valence-electron chi connectivity index (χ2n) is 5.73. The number of nitrogens with two attached hydrogens (primary N) is 1. The molecule has 0 spiro atoms. The van der Waals surface area contributed by atoms with E-state index < -0.39 is 10.0 Å². The van der Waals surface area contributed by atoms with E-state index in [-0.39, 0.29) is 30.3 Å². The molecule has 8 heteroatoms. The molecule has 1 atom stereocenters. The molecule has 4 N–H and O–H groups in total. The van der Waals surface area contributed by atoms with Gasteiger partial charge in [0, 0.05) is 18.0 Å². The van der Waals surface area contributed by atoms with Gasteiger partial charge in [-0.05, 0) is 19.9 Å². The molecule has 128 valence electrons. The van der Waals surface area contributed by atoms with Gasteiger partial charge in [-0.3, -0.25) is 4.99 Å². The van der Waals surface area contributed by atoms with Crippen LogP contribution >= 0.6 is 0 Å². The molecular formula is C15H24N4O3S. The Bertz CT molecular complexity index is 658. The van der Waals surface area contributed by atoms with Crippen molar-refractivity contribution in [2.24, 2.45) is 10.7 Å². The van der Waals surface area contributed by atoms with E-state index in [4.69, 9.17) is 10.5 Å². The normalized spacial score (nSPS) is 18.4. The molecule has 0 fully saturated rings. The summed E-state index contributed by atoms with van der Waals surface area (Å²) in [5, 5.41) is 3.13. The van der Waals surface area contributed by atoms with E-state index in [9.17, 15) is 8.42 Å². The lowest BCUT2D eigenvalue weighted by molar-refractivity contribution is 0.262. The Morgan fingerprint density at radius 2 is 2.17 bits per heavy atom. The first-order valence-corrected chi connectivity index (χ1v) is 9.31. The lowest BCUT2D eigenvalue weighted by Gasteiger charge is -2.26. The molecule has 1 aromatic carbocycles. The zero-order chi connectivity index (χ0) is 16.9. The summed E-state index contributed by atoms with van der Waals surface area (Å²) in [7, 11) is -3.32. The Morgan fingerprint density at radius 3 is 2.91 bits per heavy atom. The summed E-state index contributed by atoms with van der Waals surface area (Å²) in [5.74, 6) is 0.997. The number of benzene rings is 1. The number of aliphatic imine (C=N–C) groups is 1. The number of ether oxygens (including phenoxy) is 1. The highest BCUT2D eigenvalue weighted by atomic mass is 32.2.